The molecular weight excluding hydrogens is 214 g/mol. The molecule has 1 atom stereocenters. The molecule has 4 nitrogen and oxygen atoms in total. The first-order valence-corrected chi connectivity index (χ1v) is 5.37. The molecule has 0 aliphatic rings. The molecule has 2 N–H and O–H groups in total. The molecule has 5 heteroatoms. The second-order valence-corrected chi connectivity index (χ2v) is 4.35. The molecule has 80 valence electrons. The molecule has 0 spiro atoms. The molecule has 0 saturated heterocycles. The minimum atomic E-state index is -0.879. The molecule has 1 unspecified atom stereocenters. The van der Waals surface area contributed by atoms with E-state index in [2.05, 4.69) is 0 Å². The van der Waals surface area contributed by atoms with E-state index in [4.69, 9.17) is 5.11 Å². The maximum atomic E-state index is 11.8. The fraction of sp³-hybridized carbons (Fsp3) is 0.300. The molecule has 1 aromatic heterocycles. The number of aliphatic hydroxyl groups is 2. The van der Waals surface area contributed by atoms with E-state index in [-0.39, 0.29) is 18.7 Å². The smallest absolute Gasteiger partial charge is 0.268 e. The van der Waals surface area contributed by atoms with E-state index in [0.717, 1.165) is 4.70 Å². The lowest BCUT2D eigenvalue weighted by Crippen LogP contribution is -2.24. The molecule has 0 saturated carbocycles. The minimum Gasteiger partial charge on any atom is -0.394 e. The van der Waals surface area contributed by atoms with Gasteiger partial charge in [0, 0.05) is 0 Å². The number of nitrogens with zero attached hydrogens (tertiary/aromatic N) is 1. The number of aliphatic hydroxyl groups excluding tert-OH is 2. The van der Waals surface area contributed by atoms with Gasteiger partial charge in [0.15, 0.2) is 0 Å². The third-order valence-corrected chi connectivity index (χ3v) is 3.23. The average molecular weight is 225 g/mol. The summed E-state index contributed by atoms with van der Waals surface area (Å²) < 4.78 is 2.36. The Hall–Kier alpha value is -1.17. The maximum Gasteiger partial charge on any atom is 0.268 e. The molecule has 15 heavy (non-hydrogen) atoms. The fourth-order valence-electron chi connectivity index (χ4n) is 1.39. The van der Waals surface area contributed by atoms with Crippen LogP contribution in [0.2, 0.25) is 0 Å². The molecule has 0 radical (unpaired) electrons. The van der Waals surface area contributed by atoms with Crippen molar-refractivity contribution in [2.24, 2.45) is 0 Å². The molecule has 0 aliphatic heterocycles. The van der Waals surface area contributed by atoms with Crippen LogP contribution in [0.5, 0.6) is 0 Å². The van der Waals surface area contributed by atoms with Crippen molar-refractivity contribution in [1.82, 2.24) is 3.96 Å². The number of hydrogen-bond acceptors (Lipinski definition) is 4. The summed E-state index contributed by atoms with van der Waals surface area (Å²) in [7, 11) is 0. The van der Waals surface area contributed by atoms with Crippen LogP contribution in [0, 0.1) is 0 Å². The van der Waals surface area contributed by atoms with E-state index in [0.29, 0.717) is 5.39 Å². The normalized spacial score (nSPS) is 13.2. The lowest BCUT2D eigenvalue weighted by molar-refractivity contribution is 0.0830. The molecule has 0 fully saturated rings. The predicted octanol–water partition coefficient (Wildman–Crippen LogP) is 0.416. The Bertz CT molecular complexity index is 517. The highest BCUT2D eigenvalue weighted by atomic mass is 32.1. The van der Waals surface area contributed by atoms with Crippen LogP contribution < -0.4 is 5.56 Å². The summed E-state index contributed by atoms with van der Waals surface area (Å²) in [6, 6.07) is 7.30. The van der Waals surface area contributed by atoms with Gasteiger partial charge in [-0.3, -0.25) is 8.75 Å². The summed E-state index contributed by atoms with van der Waals surface area (Å²) in [5, 5.41) is 18.6. The van der Waals surface area contributed by atoms with Gasteiger partial charge in [-0.15, -0.1) is 0 Å². The van der Waals surface area contributed by atoms with E-state index in [1.54, 1.807) is 6.07 Å². The van der Waals surface area contributed by atoms with Gasteiger partial charge < -0.3 is 10.2 Å². The Morgan fingerprint density at radius 2 is 2.13 bits per heavy atom. The highest BCUT2D eigenvalue weighted by Gasteiger charge is 2.10. The van der Waals surface area contributed by atoms with Crippen LogP contribution in [0.15, 0.2) is 29.1 Å². The number of rotatable bonds is 3. The van der Waals surface area contributed by atoms with Crippen LogP contribution in [0.4, 0.5) is 0 Å². The van der Waals surface area contributed by atoms with Crippen molar-refractivity contribution in [3.05, 3.63) is 34.6 Å². The lowest BCUT2D eigenvalue weighted by atomic mass is 10.3. The summed E-state index contributed by atoms with van der Waals surface area (Å²) in [6.45, 7) is -0.185. The number of hydrogen-bond donors (Lipinski definition) is 2. The first kappa shape index (κ1) is 10.4. The van der Waals surface area contributed by atoms with E-state index in [9.17, 15) is 9.90 Å². The van der Waals surface area contributed by atoms with Crippen molar-refractivity contribution in [3.8, 4) is 0 Å². The van der Waals surface area contributed by atoms with Crippen LogP contribution >= 0.6 is 11.5 Å². The van der Waals surface area contributed by atoms with Gasteiger partial charge in [0.05, 0.1) is 29.3 Å². The molecule has 0 bridgehead atoms. The summed E-state index contributed by atoms with van der Waals surface area (Å²) in [5.41, 5.74) is -0.108. The summed E-state index contributed by atoms with van der Waals surface area (Å²) in [6.07, 6.45) is -0.879. The quantitative estimate of drug-likeness (QED) is 0.795. The second kappa shape index (κ2) is 4.14. The van der Waals surface area contributed by atoms with Gasteiger partial charge in [0.1, 0.15) is 0 Å². The van der Waals surface area contributed by atoms with Crippen LogP contribution in [0.1, 0.15) is 0 Å². The third kappa shape index (κ3) is 1.94. The molecule has 2 rings (SSSR count). The van der Waals surface area contributed by atoms with Crippen LogP contribution in [-0.4, -0.2) is 26.9 Å². The molecule has 0 aliphatic carbocycles. The first-order valence-electron chi connectivity index (χ1n) is 4.60. The third-order valence-electron chi connectivity index (χ3n) is 2.14. The zero-order valence-corrected chi connectivity index (χ0v) is 8.78. The molecular formula is C10H11NO3S. The Morgan fingerprint density at radius 3 is 2.80 bits per heavy atom. The van der Waals surface area contributed by atoms with E-state index in [1.165, 1.54) is 15.5 Å². The largest absolute Gasteiger partial charge is 0.394 e. The van der Waals surface area contributed by atoms with Gasteiger partial charge in [-0.25, -0.2) is 0 Å². The monoisotopic (exact) mass is 225 g/mol. The van der Waals surface area contributed by atoms with Crippen molar-refractivity contribution in [3.63, 3.8) is 0 Å². The number of aromatic nitrogens is 1. The van der Waals surface area contributed by atoms with Crippen molar-refractivity contribution in [1.29, 1.82) is 0 Å². The summed E-state index contributed by atoms with van der Waals surface area (Å²) in [5.74, 6) is 0. The van der Waals surface area contributed by atoms with E-state index in [1.807, 2.05) is 18.2 Å². The Balaban J connectivity index is 2.45. The molecule has 0 amide bonds. The number of fused-ring (bicyclic) bond motifs is 1. The van der Waals surface area contributed by atoms with Gasteiger partial charge in [-0.2, -0.15) is 0 Å². The predicted molar refractivity (Wildman–Crippen MR) is 59.2 cm³/mol. The first-order chi connectivity index (χ1) is 7.22. The van der Waals surface area contributed by atoms with Crippen molar-refractivity contribution < 1.29 is 10.2 Å². The van der Waals surface area contributed by atoms with Gasteiger partial charge in [-0.1, -0.05) is 23.7 Å². The zero-order valence-electron chi connectivity index (χ0n) is 7.96. The summed E-state index contributed by atoms with van der Waals surface area (Å²) >= 11 is 1.30. The van der Waals surface area contributed by atoms with Crippen molar-refractivity contribution >= 4 is 21.6 Å². The van der Waals surface area contributed by atoms with Crippen molar-refractivity contribution in [2.45, 2.75) is 12.6 Å². The fourth-order valence-corrected chi connectivity index (χ4v) is 2.45. The Morgan fingerprint density at radius 1 is 1.40 bits per heavy atom. The van der Waals surface area contributed by atoms with Gasteiger partial charge in [0.2, 0.25) is 0 Å². The standard InChI is InChI=1S/C10H11NO3S/c12-6-7(13)5-11-10(14)8-3-1-2-4-9(8)15-11/h1-4,7,12-13H,5-6H2. The molecule has 1 aromatic carbocycles. The number of benzene rings is 1. The van der Waals surface area contributed by atoms with Crippen LogP contribution in [-0.2, 0) is 6.54 Å². The van der Waals surface area contributed by atoms with Gasteiger partial charge >= 0.3 is 0 Å². The minimum absolute atomic E-state index is 0.108. The van der Waals surface area contributed by atoms with Gasteiger partial charge in [0.25, 0.3) is 5.56 Å². The molecule has 1 heterocycles. The Labute approximate surface area is 90.2 Å². The highest BCUT2D eigenvalue weighted by Crippen LogP contribution is 2.15. The SMILES string of the molecule is O=c1c2ccccc2sn1CC(O)CO. The van der Waals surface area contributed by atoms with Crippen LogP contribution in [0.25, 0.3) is 10.1 Å². The van der Waals surface area contributed by atoms with Gasteiger partial charge in [-0.05, 0) is 12.1 Å². The van der Waals surface area contributed by atoms with Crippen molar-refractivity contribution in [2.75, 3.05) is 6.61 Å². The molecule has 2 aromatic rings. The highest BCUT2D eigenvalue weighted by molar-refractivity contribution is 7.13. The average Bonchev–Trinajstić information content (AvgIpc) is 2.57. The van der Waals surface area contributed by atoms with E-state index < -0.39 is 6.10 Å². The second-order valence-electron chi connectivity index (χ2n) is 3.29. The maximum absolute atomic E-state index is 11.8. The lowest BCUT2D eigenvalue weighted by Gasteiger charge is -2.05. The topological polar surface area (TPSA) is 62.5 Å². The summed E-state index contributed by atoms with van der Waals surface area (Å²) in [4.78, 5) is 11.8. The zero-order chi connectivity index (χ0) is 10.8. The Kier molecular flexibility index (Phi) is 2.86. The van der Waals surface area contributed by atoms with E-state index >= 15 is 0 Å². The van der Waals surface area contributed by atoms with Crippen LogP contribution in [0.3, 0.4) is 0 Å².